The number of nitrogens with zero attached hydrogens (tertiary/aromatic N) is 2. The maximum atomic E-state index is 12.1. The number of carbonyl (C=O) groups excluding carboxylic acids is 1. The molecule has 0 saturated heterocycles. The quantitative estimate of drug-likeness (QED) is 0.654. The van der Waals surface area contributed by atoms with Gasteiger partial charge >= 0.3 is 0 Å². The highest BCUT2D eigenvalue weighted by atomic mass is 35.5. The lowest BCUT2D eigenvalue weighted by Gasteiger charge is -2.05. The normalized spacial score (nSPS) is 10.5. The first-order valence-electron chi connectivity index (χ1n) is 7.96. The van der Waals surface area contributed by atoms with Crippen molar-refractivity contribution in [3.05, 3.63) is 65.3 Å². The number of ether oxygens (including phenoxy) is 2. The Morgan fingerprint density at radius 1 is 1.23 bits per heavy atom. The minimum atomic E-state index is -0.293. The van der Waals surface area contributed by atoms with Gasteiger partial charge in [-0.05, 0) is 36.4 Å². The molecule has 0 aliphatic carbocycles. The predicted molar refractivity (Wildman–Crippen MR) is 95.6 cm³/mol. The molecule has 0 fully saturated rings. The van der Waals surface area contributed by atoms with Crippen LogP contribution in [0.4, 0.5) is 0 Å². The monoisotopic (exact) mass is 375 g/mol. The van der Waals surface area contributed by atoms with Crippen LogP contribution < -0.4 is 14.8 Å². The molecule has 1 amide bonds. The Morgan fingerprint density at radius 3 is 2.69 bits per heavy atom. The molecule has 0 atom stereocenters. The van der Waals surface area contributed by atoms with E-state index >= 15 is 0 Å². The van der Waals surface area contributed by atoms with Gasteiger partial charge in [-0.15, -0.1) is 0 Å². The molecule has 7 nitrogen and oxygen atoms in total. The molecule has 1 aromatic carbocycles. The average molecular weight is 376 g/mol. The van der Waals surface area contributed by atoms with E-state index in [1.807, 2.05) is 12.1 Å². The lowest BCUT2D eigenvalue weighted by Crippen LogP contribution is -2.27. The third kappa shape index (κ3) is 4.80. The number of hydrogen-bond acceptors (Lipinski definition) is 5. The molecule has 136 valence electrons. The van der Waals surface area contributed by atoms with Crippen LogP contribution in [0.3, 0.4) is 0 Å². The van der Waals surface area contributed by atoms with E-state index in [4.69, 9.17) is 25.5 Å². The second-order valence-corrected chi connectivity index (χ2v) is 5.84. The van der Waals surface area contributed by atoms with Crippen LogP contribution in [0.2, 0.25) is 5.02 Å². The fourth-order valence-corrected chi connectivity index (χ4v) is 2.39. The molecule has 8 heteroatoms. The second kappa shape index (κ2) is 8.44. The van der Waals surface area contributed by atoms with Crippen molar-refractivity contribution in [2.45, 2.75) is 13.2 Å². The van der Waals surface area contributed by atoms with Crippen LogP contribution in [0.1, 0.15) is 16.3 Å². The summed E-state index contributed by atoms with van der Waals surface area (Å²) in [5, 5.41) is 7.36. The van der Waals surface area contributed by atoms with Crippen LogP contribution in [0, 0.1) is 0 Å². The van der Waals surface area contributed by atoms with E-state index < -0.39 is 0 Å². The van der Waals surface area contributed by atoms with Crippen molar-refractivity contribution >= 4 is 17.5 Å². The van der Waals surface area contributed by atoms with Crippen LogP contribution in [-0.4, -0.2) is 29.3 Å². The number of carbonyl (C=O) groups is 1. The number of rotatable bonds is 8. The van der Waals surface area contributed by atoms with Gasteiger partial charge in [0.1, 0.15) is 23.9 Å². The molecule has 0 radical (unpaired) electrons. The molecule has 3 rings (SSSR count). The lowest BCUT2D eigenvalue weighted by molar-refractivity contribution is 0.0920. The van der Waals surface area contributed by atoms with E-state index in [0.29, 0.717) is 29.6 Å². The Morgan fingerprint density at radius 2 is 2.00 bits per heavy atom. The van der Waals surface area contributed by atoms with Gasteiger partial charge in [-0.25, -0.2) is 0 Å². The van der Waals surface area contributed by atoms with Gasteiger partial charge in [0, 0.05) is 12.7 Å². The van der Waals surface area contributed by atoms with Gasteiger partial charge in [0.2, 0.25) is 0 Å². The number of amides is 1. The van der Waals surface area contributed by atoms with Crippen LogP contribution in [-0.2, 0) is 13.2 Å². The lowest BCUT2D eigenvalue weighted by atomic mass is 10.3. The minimum Gasteiger partial charge on any atom is -0.497 e. The van der Waals surface area contributed by atoms with Gasteiger partial charge in [0.15, 0.2) is 5.76 Å². The number of aromatic nitrogens is 2. The van der Waals surface area contributed by atoms with Crippen molar-refractivity contribution in [1.29, 1.82) is 0 Å². The van der Waals surface area contributed by atoms with Crippen LogP contribution in [0.25, 0.3) is 0 Å². The molecule has 26 heavy (non-hydrogen) atoms. The SMILES string of the molecule is COc1ccc(OCc2ccc(C(=O)NCCn3cc(Cl)cn3)o2)cc1. The summed E-state index contributed by atoms with van der Waals surface area (Å²) in [5.74, 6) is 1.94. The van der Waals surface area contributed by atoms with E-state index in [0.717, 1.165) is 5.75 Å². The molecule has 1 N–H and O–H groups in total. The van der Waals surface area contributed by atoms with Crippen molar-refractivity contribution in [3.8, 4) is 11.5 Å². The zero-order valence-electron chi connectivity index (χ0n) is 14.1. The number of methoxy groups -OCH3 is 1. The number of benzene rings is 1. The number of nitrogens with one attached hydrogen (secondary N) is 1. The number of hydrogen-bond donors (Lipinski definition) is 1. The van der Waals surface area contributed by atoms with Gasteiger partial charge in [0.05, 0.1) is 24.9 Å². The zero-order valence-corrected chi connectivity index (χ0v) is 14.9. The highest BCUT2D eigenvalue weighted by molar-refractivity contribution is 6.30. The van der Waals surface area contributed by atoms with Gasteiger partial charge in [0.25, 0.3) is 5.91 Å². The summed E-state index contributed by atoms with van der Waals surface area (Å²) in [6.07, 6.45) is 3.24. The second-order valence-electron chi connectivity index (χ2n) is 5.41. The third-order valence-corrected chi connectivity index (χ3v) is 3.75. The summed E-state index contributed by atoms with van der Waals surface area (Å²) < 4.78 is 17.9. The van der Waals surface area contributed by atoms with Crippen LogP contribution in [0.15, 0.2) is 53.2 Å². The van der Waals surface area contributed by atoms with Crippen molar-refractivity contribution in [2.75, 3.05) is 13.7 Å². The van der Waals surface area contributed by atoms with E-state index in [1.54, 1.807) is 48.5 Å². The molecule has 0 aliphatic heterocycles. The molecular formula is C18H18ClN3O4. The fraction of sp³-hybridized carbons (Fsp3) is 0.222. The Kier molecular flexibility index (Phi) is 5.80. The van der Waals surface area contributed by atoms with Gasteiger partial charge in [-0.2, -0.15) is 5.10 Å². The van der Waals surface area contributed by atoms with E-state index in [2.05, 4.69) is 10.4 Å². The topological polar surface area (TPSA) is 78.5 Å². The molecule has 2 heterocycles. The fourth-order valence-electron chi connectivity index (χ4n) is 2.24. The summed E-state index contributed by atoms with van der Waals surface area (Å²) in [4.78, 5) is 12.1. The maximum absolute atomic E-state index is 12.1. The zero-order chi connectivity index (χ0) is 18.4. The average Bonchev–Trinajstić information content (AvgIpc) is 3.29. The first-order valence-corrected chi connectivity index (χ1v) is 8.33. The first-order chi connectivity index (χ1) is 12.6. The Balaban J connectivity index is 1.46. The van der Waals surface area contributed by atoms with Crippen LogP contribution in [0.5, 0.6) is 11.5 Å². The molecule has 0 saturated carbocycles. The molecular weight excluding hydrogens is 358 g/mol. The van der Waals surface area contributed by atoms with Crippen LogP contribution >= 0.6 is 11.6 Å². The smallest absolute Gasteiger partial charge is 0.287 e. The number of furan rings is 1. The summed E-state index contributed by atoms with van der Waals surface area (Å²) in [7, 11) is 1.61. The van der Waals surface area contributed by atoms with E-state index in [1.165, 1.54) is 0 Å². The van der Waals surface area contributed by atoms with Gasteiger partial charge in [-0.3, -0.25) is 9.48 Å². The molecule has 0 spiro atoms. The van der Waals surface area contributed by atoms with Crippen molar-refractivity contribution in [2.24, 2.45) is 0 Å². The molecule has 0 bridgehead atoms. The van der Waals surface area contributed by atoms with E-state index in [-0.39, 0.29) is 18.3 Å². The Bertz CT molecular complexity index is 857. The van der Waals surface area contributed by atoms with Crippen molar-refractivity contribution in [3.63, 3.8) is 0 Å². The highest BCUT2D eigenvalue weighted by Crippen LogP contribution is 2.18. The molecule has 2 aromatic heterocycles. The first kappa shape index (κ1) is 17.9. The largest absolute Gasteiger partial charge is 0.497 e. The Labute approximate surface area is 155 Å². The van der Waals surface area contributed by atoms with Gasteiger partial charge in [-0.1, -0.05) is 11.6 Å². The summed E-state index contributed by atoms with van der Waals surface area (Å²) in [5.41, 5.74) is 0. The molecule has 3 aromatic rings. The summed E-state index contributed by atoms with van der Waals surface area (Å²) >= 11 is 5.79. The van der Waals surface area contributed by atoms with Crippen molar-refractivity contribution < 1.29 is 18.7 Å². The van der Waals surface area contributed by atoms with E-state index in [9.17, 15) is 4.79 Å². The summed E-state index contributed by atoms with van der Waals surface area (Å²) in [6.45, 7) is 1.16. The third-order valence-electron chi connectivity index (χ3n) is 3.55. The van der Waals surface area contributed by atoms with Gasteiger partial charge < -0.3 is 19.2 Å². The molecule has 0 unspecified atom stereocenters. The minimum absolute atomic E-state index is 0.228. The molecule has 0 aliphatic rings. The maximum Gasteiger partial charge on any atom is 0.287 e. The Hall–Kier alpha value is -2.93. The number of halogens is 1. The highest BCUT2D eigenvalue weighted by Gasteiger charge is 2.11. The standard InChI is InChI=1S/C18H18ClN3O4/c1-24-14-2-4-15(5-3-14)25-12-16-6-7-17(26-16)18(23)20-8-9-22-11-13(19)10-21-22/h2-7,10-11H,8-9,12H2,1H3,(H,20,23). The summed E-state index contributed by atoms with van der Waals surface area (Å²) in [6, 6.07) is 10.6. The van der Waals surface area contributed by atoms with Crippen molar-refractivity contribution in [1.82, 2.24) is 15.1 Å². The predicted octanol–water partition coefficient (Wildman–Crippen LogP) is 3.15.